The molecule has 5 heteroatoms. The van der Waals surface area contributed by atoms with Crippen molar-refractivity contribution in [3.8, 4) is 0 Å². The second-order valence-electron chi connectivity index (χ2n) is 7.57. The summed E-state index contributed by atoms with van der Waals surface area (Å²) in [5.74, 6) is 1.58. The molecule has 2 fully saturated rings. The third-order valence-electron chi connectivity index (χ3n) is 5.36. The predicted molar refractivity (Wildman–Crippen MR) is 102 cm³/mol. The molecule has 0 spiro atoms. The van der Waals surface area contributed by atoms with Crippen molar-refractivity contribution in [2.75, 3.05) is 39.8 Å². The van der Waals surface area contributed by atoms with Crippen molar-refractivity contribution < 1.29 is 4.74 Å². The number of nitrogens with one attached hydrogen (secondary N) is 2. The second kappa shape index (κ2) is 10.9. The number of hydrogen-bond donors (Lipinski definition) is 2. The molecule has 0 aromatic heterocycles. The summed E-state index contributed by atoms with van der Waals surface area (Å²) in [5, 5.41) is 7.00. The maximum absolute atomic E-state index is 5.68. The molecule has 2 N–H and O–H groups in total. The van der Waals surface area contributed by atoms with Crippen molar-refractivity contribution in [2.24, 2.45) is 10.9 Å². The lowest BCUT2D eigenvalue weighted by Gasteiger charge is -2.34. The average Bonchev–Trinajstić information content (AvgIpc) is 2.94. The molecule has 2 aliphatic heterocycles. The van der Waals surface area contributed by atoms with Gasteiger partial charge in [-0.3, -0.25) is 9.89 Å². The average molecular weight is 339 g/mol. The van der Waals surface area contributed by atoms with E-state index in [9.17, 15) is 0 Å². The van der Waals surface area contributed by atoms with Gasteiger partial charge in [-0.25, -0.2) is 0 Å². The van der Waals surface area contributed by atoms with Crippen molar-refractivity contribution in [1.82, 2.24) is 15.5 Å². The summed E-state index contributed by atoms with van der Waals surface area (Å²) in [7, 11) is 1.86. The van der Waals surface area contributed by atoms with Crippen LogP contribution in [0.1, 0.15) is 58.8 Å². The van der Waals surface area contributed by atoms with Crippen molar-refractivity contribution in [3.05, 3.63) is 0 Å². The third kappa shape index (κ3) is 6.60. The molecule has 0 bridgehead atoms. The fourth-order valence-electron chi connectivity index (χ4n) is 3.86. The zero-order chi connectivity index (χ0) is 17.2. The molecular formula is C19H38N4O. The molecule has 0 saturated carbocycles. The molecule has 0 aromatic rings. The Morgan fingerprint density at radius 1 is 1.12 bits per heavy atom. The summed E-state index contributed by atoms with van der Waals surface area (Å²) in [4.78, 5) is 7.07. The van der Waals surface area contributed by atoms with Crippen LogP contribution in [0, 0.1) is 5.92 Å². The molecule has 140 valence electrons. The Bertz CT molecular complexity index is 358. The zero-order valence-corrected chi connectivity index (χ0v) is 16.0. The van der Waals surface area contributed by atoms with Gasteiger partial charge in [0.25, 0.3) is 0 Å². The Morgan fingerprint density at radius 3 is 2.46 bits per heavy atom. The number of ether oxygens (including phenoxy) is 1. The van der Waals surface area contributed by atoms with Gasteiger partial charge in [0.2, 0.25) is 0 Å². The number of likely N-dealkylation sites (tertiary alicyclic amines) is 1. The number of rotatable bonds is 7. The SMILES string of the molecule is CN=C(NCCC1CCCO1)NCC(C(C)C)N1CCCCCC1. The van der Waals surface area contributed by atoms with Gasteiger partial charge in [-0.15, -0.1) is 0 Å². The van der Waals surface area contributed by atoms with Gasteiger partial charge in [-0.2, -0.15) is 0 Å². The van der Waals surface area contributed by atoms with E-state index in [1.165, 1.54) is 51.6 Å². The smallest absolute Gasteiger partial charge is 0.191 e. The van der Waals surface area contributed by atoms with E-state index in [1.807, 2.05) is 7.05 Å². The maximum Gasteiger partial charge on any atom is 0.191 e. The van der Waals surface area contributed by atoms with E-state index in [0.717, 1.165) is 32.1 Å². The van der Waals surface area contributed by atoms with Crippen LogP contribution in [-0.2, 0) is 4.74 Å². The van der Waals surface area contributed by atoms with Crippen molar-refractivity contribution in [2.45, 2.75) is 70.9 Å². The summed E-state index contributed by atoms with van der Waals surface area (Å²) < 4.78 is 5.68. The summed E-state index contributed by atoms with van der Waals surface area (Å²) in [6.07, 6.45) is 9.40. The Morgan fingerprint density at radius 2 is 1.88 bits per heavy atom. The van der Waals surface area contributed by atoms with Crippen LogP contribution in [0.5, 0.6) is 0 Å². The summed E-state index contributed by atoms with van der Waals surface area (Å²) >= 11 is 0. The van der Waals surface area contributed by atoms with Crippen molar-refractivity contribution in [3.63, 3.8) is 0 Å². The standard InChI is InChI=1S/C19H38N4O/c1-16(2)18(23-12-6-4-5-7-13-23)15-22-19(20-3)21-11-10-17-9-8-14-24-17/h16-18H,4-15H2,1-3H3,(H2,20,21,22). The lowest BCUT2D eigenvalue weighted by molar-refractivity contribution is 0.105. The molecule has 2 heterocycles. The molecular weight excluding hydrogens is 300 g/mol. The molecule has 2 rings (SSSR count). The minimum atomic E-state index is 0.441. The third-order valence-corrected chi connectivity index (χ3v) is 5.36. The summed E-state index contributed by atoms with van der Waals surface area (Å²) in [6, 6.07) is 0.583. The Hall–Kier alpha value is -0.810. The molecule has 2 unspecified atom stereocenters. The quantitative estimate of drug-likeness (QED) is 0.553. The fourth-order valence-corrected chi connectivity index (χ4v) is 3.86. The van der Waals surface area contributed by atoms with Gasteiger partial charge in [0.1, 0.15) is 0 Å². The van der Waals surface area contributed by atoms with Crippen LogP contribution < -0.4 is 10.6 Å². The van der Waals surface area contributed by atoms with Gasteiger partial charge in [0.15, 0.2) is 5.96 Å². The first-order valence-corrected chi connectivity index (χ1v) is 10.0. The molecule has 0 aliphatic carbocycles. The first-order chi connectivity index (χ1) is 11.7. The van der Waals surface area contributed by atoms with Gasteiger partial charge in [0.05, 0.1) is 6.10 Å². The Labute approximate surface area is 148 Å². The van der Waals surface area contributed by atoms with Crippen LogP contribution in [0.25, 0.3) is 0 Å². The van der Waals surface area contributed by atoms with E-state index in [-0.39, 0.29) is 0 Å². The highest BCUT2D eigenvalue weighted by molar-refractivity contribution is 5.79. The van der Waals surface area contributed by atoms with Crippen molar-refractivity contribution in [1.29, 1.82) is 0 Å². The summed E-state index contributed by atoms with van der Waals surface area (Å²) in [6.45, 7) is 10.0. The van der Waals surface area contributed by atoms with E-state index in [1.54, 1.807) is 0 Å². The number of aliphatic imine (C=N–C) groups is 1. The topological polar surface area (TPSA) is 48.9 Å². The van der Waals surface area contributed by atoms with E-state index in [0.29, 0.717) is 18.1 Å². The van der Waals surface area contributed by atoms with Gasteiger partial charge >= 0.3 is 0 Å². The highest BCUT2D eigenvalue weighted by Gasteiger charge is 2.23. The van der Waals surface area contributed by atoms with Crippen molar-refractivity contribution >= 4 is 5.96 Å². The van der Waals surface area contributed by atoms with E-state index in [4.69, 9.17) is 4.74 Å². The fraction of sp³-hybridized carbons (Fsp3) is 0.947. The molecule has 0 aromatic carbocycles. The normalized spacial score (nSPS) is 24.8. The first-order valence-electron chi connectivity index (χ1n) is 10.0. The second-order valence-corrected chi connectivity index (χ2v) is 7.57. The minimum Gasteiger partial charge on any atom is -0.378 e. The maximum atomic E-state index is 5.68. The molecule has 5 nitrogen and oxygen atoms in total. The first kappa shape index (κ1) is 19.5. The van der Waals surface area contributed by atoms with E-state index >= 15 is 0 Å². The monoisotopic (exact) mass is 338 g/mol. The van der Waals surface area contributed by atoms with Crippen LogP contribution in [-0.4, -0.2) is 62.8 Å². The highest BCUT2D eigenvalue weighted by atomic mass is 16.5. The lowest BCUT2D eigenvalue weighted by Crippen LogP contribution is -2.50. The molecule has 2 atom stereocenters. The van der Waals surface area contributed by atoms with Crippen LogP contribution in [0.3, 0.4) is 0 Å². The molecule has 2 saturated heterocycles. The van der Waals surface area contributed by atoms with E-state index < -0.39 is 0 Å². The van der Waals surface area contributed by atoms with Crippen LogP contribution in [0.4, 0.5) is 0 Å². The van der Waals surface area contributed by atoms with Crippen LogP contribution in [0.2, 0.25) is 0 Å². The van der Waals surface area contributed by atoms with Gasteiger partial charge in [0, 0.05) is 32.8 Å². The van der Waals surface area contributed by atoms with Gasteiger partial charge in [-0.1, -0.05) is 26.7 Å². The number of nitrogens with zero attached hydrogens (tertiary/aromatic N) is 2. The molecule has 2 aliphatic rings. The molecule has 0 radical (unpaired) electrons. The largest absolute Gasteiger partial charge is 0.378 e. The Balaban J connectivity index is 1.73. The lowest BCUT2D eigenvalue weighted by atomic mass is 10.0. The predicted octanol–water partition coefficient (Wildman–Crippen LogP) is 2.62. The van der Waals surface area contributed by atoms with Gasteiger partial charge in [-0.05, 0) is 51.1 Å². The highest BCUT2D eigenvalue weighted by Crippen LogP contribution is 2.17. The van der Waals surface area contributed by atoms with Gasteiger partial charge < -0.3 is 15.4 Å². The van der Waals surface area contributed by atoms with E-state index in [2.05, 4.69) is 34.4 Å². The van der Waals surface area contributed by atoms with Crippen LogP contribution >= 0.6 is 0 Å². The minimum absolute atomic E-state index is 0.441. The number of guanidine groups is 1. The number of hydrogen-bond acceptors (Lipinski definition) is 3. The van der Waals surface area contributed by atoms with Crippen LogP contribution in [0.15, 0.2) is 4.99 Å². The molecule has 24 heavy (non-hydrogen) atoms. The Kier molecular flexibility index (Phi) is 8.89. The zero-order valence-electron chi connectivity index (χ0n) is 16.0. The molecule has 0 amide bonds. The summed E-state index contributed by atoms with van der Waals surface area (Å²) in [5.41, 5.74) is 0.